The zero-order valence-electron chi connectivity index (χ0n) is 13.7. The average molecular weight is 422 g/mol. The van der Waals surface area contributed by atoms with Crippen molar-refractivity contribution in [2.45, 2.75) is 0 Å². The molecule has 0 saturated carbocycles. The molecule has 0 aliphatic carbocycles. The molecule has 2 aromatic carbocycles. The summed E-state index contributed by atoms with van der Waals surface area (Å²) in [5.74, 6) is -0.180. The Bertz CT molecular complexity index is 963. The molecule has 6 nitrogen and oxygen atoms in total. The van der Waals surface area contributed by atoms with Gasteiger partial charge in [-0.3, -0.25) is 15.0 Å². The third-order valence-corrected chi connectivity index (χ3v) is 4.96. The lowest BCUT2D eigenvalue weighted by Crippen LogP contribution is -2.20. The molecule has 2 amide bonds. The van der Waals surface area contributed by atoms with E-state index in [1.165, 1.54) is 0 Å². The molecule has 1 heterocycles. The maximum Gasteiger partial charge on any atom is 0.264 e. The Morgan fingerprint density at radius 2 is 2.04 bits per heavy atom. The highest BCUT2D eigenvalue weighted by atomic mass is 35.5. The Hall–Kier alpha value is -2.48. The fraction of sp³-hybridized carbons (Fsp3) is 0.0556. The number of nitrogens with one attached hydrogen (secondary N) is 3. The zero-order chi connectivity index (χ0) is 19.4. The highest BCUT2D eigenvalue weighted by Gasteiger charge is 2.22. The van der Waals surface area contributed by atoms with Gasteiger partial charge in [0.15, 0.2) is 11.8 Å². The molecule has 1 aliphatic heterocycles. The van der Waals surface area contributed by atoms with Crippen molar-refractivity contribution in [2.75, 3.05) is 11.9 Å². The van der Waals surface area contributed by atoms with E-state index in [2.05, 4.69) is 10.6 Å². The van der Waals surface area contributed by atoms with Crippen LogP contribution in [0.3, 0.4) is 0 Å². The second-order valence-electron chi connectivity index (χ2n) is 5.43. The van der Waals surface area contributed by atoms with E-state index < -0.39 is 0 Å². The van der Waals surface area contributed by atoms with E-state index in [0.717, 1.165) is 17.3 Å². The van der Waals surface area contributed by atoms with Crippen molar-refractivity contribution in [3.05, 3.63) is 63.0 Å². The molecule has 0 aromatic heterocycles. The minimum atomic E-state index is -0.351. The molecule has 3 N–H and O–H groups in total. The van der Waals surface area contributed by atoms with E-state index in [1.54, 1.807) is 48.5 Å². The van der Waals surface area contributed by atoms with Gasteiger partial charge in [-0.1, -0.05) is 35.3 Å². The molecule has 27 heavy (non-hydrogen) atoms. The van der Waals surface area contributed by atoms with Crippen LogP contribution in [0.4, 0.5) is 5.69 Å². The van der Waals surface area contributed by atoms with E-state index in [4.69, 9.17) is 33.3 Å². The molecule has 0 bridgehead atoms. The topological polar surface area (TPSA) is 91.3 Å². The predicted molar refractivity (Wildman–Crippen MR) is 108 cm³/mol. The van der Waals surface area contributed by atoms with Crippen molar-refractivity contribution >= 4 is 63.7 Å². The molecule has 3 rings (SSSR count). The minimum Gasteiger partial charge on any atom is -0.484 e. The van der Waals surface area contributed by atoms with Crippen molar-refractivity contribution in [3.8, 4) is 5.75 Å². The number of thioether (sulfide) groups is 1. The first kappa shape index (κ1) is 19.3. The number of hydrogen-bond donors (Lipinski definition) is 3. The number of ether oxygens (including phenoxy) is 1. The van der Waals surface area contributed by atoms with Gasteiger partial charge in [0, 0.05) is 5.69 Å². The number of amides is 2. The Morgan fingerprint density at radius 1 is 1.22 bits per heavy atom. The number of amidine groups is 1. The molecule has 1 fully saturated rings. The van der Waals surface area contributed by atoms with Crippen LogP contribution in [-0.4, -0.2) is 23.6 Å². The number of halogens is 2. The van der Waals surface area contributed by atoms with Gasteiger partial charge in [-0.25, -0.2) is 0 Å². The van der Waals surface area contributed by atoms with Gasteiger partial charge in [0.1, 0.15) is 5.75 Å². The summed E-state index contributed by atoms with van der Waals surface area (Å²) in [5, 5.41) is 13.4. The van der Waals surface area contributed by atoms with Crippen LogP contribution in [0.15, 0.2) is 47.4 Å². The molecule has 9 heteroatoms. The van der Waals surface area contributed by atoms with Crippen molar-refractivity contribution in [2.24, 2.45) is 0 Å². The molecule has 2 aromatic rings. The van der Waals surface area contributed by atoms with E-state index in [9.17, 15) is 9.59 Å². The van der Waals surface area contributed by atoms with Crippen LogP contribution in [0.1, 0.15) is 5.56 Å². The van der Waals surface area contributed by atoms with Crippen LogP contribution >= 0.6 is 35.0 Å². The normalized spacial score (nSPS) is 15.0. The summed E-state index contributed by atoms with van der Waals surface area (Å²) in [6.07, 6.45) is 1.66. The highest BCUT2D eigenvalue weighted by Crippen LogP contribution is 2.26. The largest absolute Gasteiger partial charge is 0.484 e. The molecule has 1 aliphatic rings. The minimum absolute atomic E-state index is 0.0950. The first-order chi connectivity index (χ1) is 12.9. The van der Waals surface area contributed by atoms with Crippen molar-refractivity contribution in [1.82, 2.24) is 5.32 Å². The van der Waals surface area contributed by atoms with Gasteiger partial charge in [-0.2, -0.15) is 0 Å². The lowest BCUT2D eigenvalue weighted by atomic mass is 10.2. The molecule has 138 valence electrons. The third-order valence-electron chi connectivity index (χ3n) is 3.39. The van der Waals surface area contributed by atoms with Gasteiger partial charge < -0.3 is 15.4 Å². The summed E-state index contributed by atoms with van der Waals surface area (Å²) < 4.78 is 5.50. The van der Waals surface area contributed by atoms with E-state index >= 15 is 0 Å². The van der Waals surface area contributed by atoms with Gasteiger partial charge in [-0.15, -0.1) is 0 Å². The number of benzene rings is 2. The summed E-state index contributed by atoms with van der Waals surface area (Å²) in [4.78, 5) is 24.1. The summed E-state index contributed by atoms with van der Waals surface area (Å²) in [6.45, 7) is -0.194. The number of anilines is 1. The Morgan fingerprint density at radius 3 is 2.74 bits per heavy atom. The highest BCUT2D eigenvalue weighted by molar-refractivity contribution is 8.18. The Balaban J connectivity index is 1.60. The number of carbonyl (C=O) groups excluding carboxylic acids is 2. The smallest absolute Gasteiger partial charge is 0.264 e. The SMILES string of the molecule is N=C1NC(=O)/C(=C/c2cccc(OCC(=O)Nc3ccc(Cl)c(Cl)c3)c2)S1. The van der Waals surface area contributed by atoms with Gasteiger partial charge in [0.2, 0.25) is 0 Å². The lowest BCUT2D eigenvalue weighted by molar-refractivity contribution is -0.118. The molecule has 0 atom stereocenters. The van der Waals surface area contributed by atoms with Crippen LogP contribution in [0, 0.1) is 5.41 Å². The maximum absolute atomic E-state index is 12.0. The first-order valence-corrected chi connectivity index (χ1v) is 9.25. The van der Waals surface area contributed by atoms with E-state index in [-0.39, 0.29) is 23.6 Å². The Labute approximate surface area is 169 Å². The zero-order valence-corrected chi connectivity index (χ0v) is 16.0. The van der Waals surface area contributed by atoms with Crippen LogP contribution in [-0.2, 0) is 9.59 Å². The van der Waals surface area contributed by atoms with E-state index in [1.807, 2.05) is 0 Å². The molecular formula is C18H13Cl2N3O3S. The van der Waals surface area contributed by atoms with Crippen molar-refractivity contribution < 1.29 is 14.3 Å². The number of hydrogen-bond acceptors (Lipinski definition) is 5. The van der Waals surface area contributed by atoms with Gasteiger partial charge in [-0.05, 0) is 53.7 Å². The molecule has 0 radical (unpaired) electrons. The number of carbonyl (C=O) groups is 2. The van der Waals surface area contributed by atoms with Gasteiger partial charge in [0.25, 0.3) is 11.8 Å². The monoisotopic (exact) mass is 421 g/mol. The van der Waals surface area contributed by atoms with Gasteiger partial charge >= 0.3 is 0 Å². The fourth-order valence-corrected chi connectivity index (χ4v) is 3.21. The summed E-state index contributed by atoms with van der Waals surface area (Å²) in [5.41, 5.74) is 1.24. The first-order valence-electron chi connectivity index (χ1n) is 7.68. The van der Waals surface area contributed by atoms with Crippen molar-refractivity contribution in [1.29, 1.82) is 5.41 Å². The maximum atomic E-state index is 12.0. The second kappa shape index (κ2) is 8.47. The van der Waals surface area contributed by atoms with Crippen molar-refractivity contribution in [3.63, 3.8) is 0 Å². The van der Waals surface area contributed by atoms with Crippen LogP contribution in [0.2, 0.25) is 10.0 Å². The Kier molecular flexibility index (Phi) is 6.05. The average Bonchev–Trinajstić information content (AvgIpc) is 2.94. The standard InChI is InChI=1S/C18H13Cl2N3O3S/c19-13-5-4-11(8-14(13)20)22-16(24)9-26-12-3-1-2-10(6-12)7-15-17(25)23-18(21)27-15/h1-8H,9H2,(H,22,24)(H2,21,23,25)/b15-7-. The summed E-state index contributed by atoms with van der Waals surface area (Å²) >= 11 is 12.8. The predicted octanol–water partition coefficient (Wildman–Crippen LogP) is 4.15. The summed E-state index contributed by atoms with van der Waals surface area (Å²) in [7, 11) is 0. The number of rotatable bonds is 5. The third kappa shape index (κ3) is 5.26. The van der Waals surface area contributed by atoms with Crippen LogP contribution < -0.4 is 15.4 Å². The summed E-state index contributed by atoms with van der Waals surface area (Å²) in [6, 6.07) is 11.7. The lowest BCUT2D eigenvalue weighted by Gasteiger charge is -2.09. The second-order valence-corrected chi connectivity index (χ2v) is 7.30. The van der Waals surface area contributed by atoms with Crippen LogP contribution in [0.25, 0.3) is 6.08 Å². The molecule has 0 spiro atoms. The van der Waals surface area contributed by atoms with Crippen LogP contribution in [0.5, 0.6) is 5.75 Å². The molecule has 1 saturated heterocycles. The molecule has 0 unspecified atom stereocenters. The quantitative estimate of drug-likeness (QED) is 0.632. The molecular weight excluding hydrogens is 409 g/mol. The van der Waals surface area contributed by atoms with E-state index in [0.29, 0.717) is 26.4 Å². The van der Waals surface area contributed by atoms with Gasteiger partial charge in [0.05, 0.1) is 15.0 Å². The fourth-order valence-electron chi connectivity index (χ4n) is 2.21.